The molecule has 0 aromatic heterocycles. The first-order valence-corrected chi connectivity index (χ1v) is 9.99. The van der Waals surface area contributed by atoms with Gasteiger partial charge in [-0.2, -0.15) is 10.1 Å². The summed E-state index contributed by atoms with van der Waals surface area (Å²) in [5.74, 6) is 0.406. The SMILES string of the molecule is Cc1ccc(COc2ccc(/C=N\N3C(=O)[C@H]4[C@H](C3=O)[C@H]3C=C[C@H]4C3)cc2)cc1. The Balaban J connectivity index is 1.22. The Morgan fingerprint density at radius 3 is 2.21 bits per heavy atom. The fraction of sp³-hybridized carbons (Fsp3) is 0.292. The Hall–Kier alpha value is -3.21. The summed E-state index contributed by atoms with van der Waals surface area (Å²) in [5, 5.41) is 5.28. The van der Waals surface area contributed by atoms with Crippen molar-refractivity contribution in [2.75, 3.05) is 0 Å². The summed E-state index contributed by atoms with van der Waals surface area (Å²) in [5.41, 5.74) is 3.15. The molecule has 2 fully saturated rings. The van der Waals surface area contributed by atoms with Crippen molar-refractivity contribution in [3.05, 3.63) is 77.4 Å². The Bertz CT molecular complexity index is 977. The van der Waals surface area contributed by atoms with Gasteiger partial charge < -0.3 is 4.74 Å². The second-order valence-electron chi connectivity index (χ2n) is 8.08. The van der Waals surface area contributed by atoms with E-state index in [0.717, 1.165) is 28.3 Å². The summed E-state index contributed by atoms with van der Waals surface area (Å²) in [6.07, 6.45) is 6.66. The molecule has 0 unspecified atom stereocenters. The molecule has 1 saturated carbocycles. The maximum absolute atomic E-state index is 12.6. The number of nitrogens with zero attached hydrogens (tertiary/aromatic N) is 2. The van der Waals surface area contributed by atoms with Gasteiger partial charge in [0.15, 0.2) is 0 Å². The Morgan fingerprint density at radius 1 is 0.966 bits per heavy atom. The van der Waals surface area contributed by atoms with Crippen molar-refractivity contribution >= 4 is 18.0 Å². The third-order valence-electron chi connectivity index (χ3n) is 6.18. The lowest BCUT2D eigenvalue weighted by atomic mass is 9.85. The van der Waals surface area contributed by atoms with Crippen LogP contribution in [0.2, 0.25) is 0 Å². The second-order valence-corrected chi connectivity index (χ2v) is 8.08. The molecule has 0 spiro atoms. The number of rotatable bonds is 5. The van der Waals surface area contributed by atoms with Crippen LogP contribution in [0.1, 0.15) is 23.1 Å². The Morgan fingerprint density at radius 2 is 1.59 bits per heavy atom. The van der Waals surface area contributed by atoms with E-state index in [4.69, 9.17) is 4.74 Å². The Kier molecular flexibility index (Phi) is 4.31. The van der Waals surface area contributed by atoms with Gasteiger partial charge in [0.25, 0.3) is 11.8 Å². The van der Waals surface area contributed by atoms with Crippen LogP contribution in [0.15, 0.2) is 65.8 Å². The van der Waals surface area contributed by atoms with Crippen LogP contribution in [0.4, 0.5) is 0 Å². The zero-order valence-electron chi connectivity index (χ0n) is 16.2. The van der Waals surface area contributed by atoms with E-state index >= 15 is 0 Å². The van der Waals surface area contributed by atoms with Crippen molar-refractivity contribution in [1.29, 1.82) is 0 Å². The number of fused-ring (bicyclic) bond motifs is 5. The van der Waals surface area contributed by atoms with E-state index in [1.807, 2.05) is 24.3 Å². The molecule has 4 atom stereocenters. The van der Waals surface area contributed by atoms with Crippen LogP contribution < -0.4 is 4.74 Å². The maximum atomic E-state index is 12.6. The van der Waals surface area contributed by atoms with Gasteiger partial charge in [-0.05, 0) is 60.6 Å². The molecule has 5 nitrogen and oxygen atoms in total. The van der Waals surface area contributed by atoms with Crippen LogP contribution in [0, 0.1) is 30.6 Å². The molecule has 2 aromatic carbocycles. The van der Waals surface area contributed by atoms with Gasteiger partial charge in [0.05, 0.1) is 18.1 Å². The van der Waals surface area contributed by atoms with Gasteiger partial charge in [0, 0.05) is 0 Å². The largest absolute Gasteiger partial charge is 0.489 e. The molecule has 3 aliphatic rings. The molecule has 2 bridgehead atoms. The smallest absolute Gasteiger partial charge is 0.254 e. The number of ether oxygens (including phenoxy) is 1. The standard InChI is InChI=1S/C24H22N2O3/c1-15-2-4-17(5-3-15)14-29-20-10-6-16(7-11-20)13-25-26-23(27)21-18-8-9-19(12-18)22(21)24(26)28/h2-11,13,18-19,21-22H,12,14H2,1H3/b25-13-/t18-,19-,21+,22+/m0/s1. The lowest BCUT2D eigenvalue weighted by Crippen LogP contribution is -2.28. The molecule has 1 heterocycles. The number of hydrazone groups is 1. The number of allylic oxidation sites excluding steroid dienone is 2. The number of amides is 2. The molecule has 5 heteroatoms. The van der Waals surface area contributed by atoms with E-state index in [1.165, 1.54) is 5.56 Å². The highest BCUT2D eigenvalue weighted by Crippen LogP contribution is 2.52. The fourth-order valence-electron chi connectivity index (χ4n) is 4.63. The first-order chi connectivity index (χ1) is 14.1. The molecule has 29 heavy (non-hydrogen) atoms. The molecule has 1 aliphatic heterocycles. The molecule has 2 aromatic rings. The van der Waals surface area contributed by atoms with E-state index < -0.39 is 0 Å². The van der Waals surface area contributed by atoms with Gasteiger partial charge in [-0.1, -0.05) is 42.0 Å². The van der Waals surface area contributed by atoms with E-state index in [1.54, 1.807) is 6.21 Å². The van der Waals surface area contributed by atoms with Gasteiger partial charge in [-0.25, -0.2) is 0 Å². The molecule has 2 aliphatic carbocycles. The maximum Gasteiger partial charge on any atom is 0.254 e. The van der Waals surface area contributed by atoms with Gasteiger partial charge in [-0.15, -0.1) is 0 Å². The van der Waals surface area contributed by atoms with Crippen LogP contribution in [0.3, 0.4) is 0 Å². The summed E-state index contributed by atoms with van der Waals surface area (Å²) < 4.78 is 5.81. The van der Waals surface area contributed by atoms with Crippen molar-refractivity contribution in [2.45, 2.75) is 20.0 Å². The summed E-state index contributed by atoms with van der Waals surface area (Å²) in [6, 6.07) is 15.7. The number of carbonyl (C=O) groups is 2. The monoisotopic (exact) mass is 386 g/mol. The molecule has 146 valence electrons. The molecule has 1 saturated heterocycles. The van der Waals surface area contributed by atoms with Crippen molar-refractivity contribution in [1.82, 2.24) is 5.01 Å². The van der Waals surface area contributed by atoms with Gasteiger partial charge >= 0.3 is 0 Å². The highest BCUT2D eigenvalue weighted by atomic mass is 16.5. The van der Waals surface area contributed by atoms with Crippen molar-refractivity contribution in [3.8, 4) is 5.75 Å². The predicted octanol–water partition coefficient (Wildman–Crippen LogP) is 3.72. The van der Waals surface area contributed by atoms with Crippen molar-refractivity contribution in [2.24, 2.45) is 28.8 Å². The van der Waals surface area contributed by atoms with E-state index in [-0.39, 0.29) is 35.5 Å². The van der Waals surface area contributed by atoms with Crippen molar-refractivity contribution < 1.29 is 14.3 Å². The summed E-state index contributed by atoms with van der Waals surface area (Å²) in [6.45, 7) is 2.56. The number of imide groups is 1. The number of hydrogen-bond acceptors (Lipinski definition) is 4. The van der Waals surface area contributed by atoms with Crippen LogP contribution >= 0.6 is 0 Å². The molecule has 0 radical (unpaired) electrons. The molecular formula is C24H22N2O3. The first kappa shape index (κ1) is 17.9. The number of hydrogen-bond donors (Lipinski definition) is 0. The zero-order chi connectivity index (χ0) is 20.0. The minimum atomic E-state index is -0.216. The third-order valence-corrected chi connectivity index (χ3v) is 6.18. The van der Waals surface area contributed by atoms with E-state index in [9.17, 15) is 9.59 Å². The fourth-order valence-corrected chi connectivity index (χ4v) is 4.63. The third kappa shape index (κ3) is 3.16. The van der Waals surface area contributed by atoms with Crippen LogP contribution in [-0.2, 0) is 16.2 Å². The minimum absolute atomic E-state index is 0.161. The first-order valence-electron chi connectivity index (χ1n) is 9.99. The topological polar surface area (TPSA) is 59.0 Å². The van der Waals surface area contributed by atoms with Crippen LogP contribution in [-0.4, -0.2) is 23.0 Å². The lowest BCUT2D eigenvalue weighted by molar-refractivity contribution is -0.140. The van der Waals surface area contributed by atoms with E-state index in [2.05, 4.69) is 48.4 Å². The molecule has 0 N–H and O–H groups in total. The van der Waals surface area contributed by atoms with E-state index in [0.29, 0.717) is 6.61 Å². The minimum Gasteiger partial charge on any atom is -0.489 e. The molecule has 5 rings (SSSR count). The molecule has 2 amide bonds. The van der Waals surface area contributed by atoms with Gasteiger partial charge in [-0.3, -0.25) is 9.59 Å². The quantitative estimate of drug-likeness (QED) is 0.447. The zero-order valence-corrected chi connectivity index (χ0v) is 16.2. The summed E-state index contributed by atoms with van der Waals surface area (Å²) >= 11 is 0. The number of aryl methyl sites for hydroxylation is 1. The predicted molar refractivity (Wildman–Crippen MR) is 109 cm³/mol. The molecular weight excluding hydrogens is 364 g/mol. The Labute approximate surface area is 169 Å². The van der Waals surface area contributed by atoms with Gasteiger partial charge in [0.2, 0.25) is 0 Å². The average Bonchev–Trinajstić information content (AvgIpc) is 3.41. The van der Waals surface area contributed by atoms with Crippen molar-refractivity contribution in [3.63, 3.8) is 0 Å². The lowest BCUT2D eigenvalue weighted by Gasteiger charge is -2.13. The summed E-state index contributed by atoms with van der Waals surface area (Å²) in [4.78, 5) is 25.3. The second kappa shape index (κ2) is 6.99. The number of carbonyl (C=O) groups excluding carboxylic acids is 2. The van der Waals surface area contributed by atoms with Crippen LogP contribution in [0.25, 0.3) is 0 Å². The highest BCUT2D eigenvalue weighted by Gasteiger charge is 2.59. The van der Waals surface area contributed by atoms with Crippen LogP contribution in [0.5, 0.6) is 5.75 Å². The average molecular weight is 386 g/mol. The highest BCUT2D eigenvalue weighted by molar-refractivity contribution is 6.06. The normalized spacial score (nSPS) is 27.3. The summed E-state index contributed by atoms with van der Waals surface area (Å²) in [7, 11) is 0. The van der Waals surface area contributed by atoms with Gasteiger partial charge in [0.1, 0.15) is 12.4 Å². The number of benzene rings is 2.